The van der Waals surface area contributed by atoms with Gasteiger partial charge in [0.05, 0.1) is 11.4 Å². The minimum Gasteiger partial charge on any atom is -0.349 e. The van der Waals surface area contributed by atoms with Crippen LogP contribution in [0, 0.1) is 0 Å². The van der Waals surface area contributed by atoms with Gasteiger partial charge in [0.1, 0.15) is 0 Å². The van der Waals surface area contributed by atoms with Gasteiger partial charge in [0.25, 0.3) is 11.5 Å². The zero-order chi connectivity index (χ0) is 20.4. The number of hydrogen-bond donors (Lipinski definition) is 1. The maximum Gasteiger partial charge on any atom is 0.274 e. The lowest BCUT2D eigenvalue weighted by molar-refractivity contribution is 0.0932. The molecule has 1 N–H and O–H groups in total. The van der Waals surface area contributed by atoms with Crippen LogP contribution in [0.15, 0.2) is 53.3 Å². The second kappa shape index (κ2) is 8.35. The van der Waals surface area contributed by atoms with Gasteiger partial charge in [0, 0.05) is 24.0 Å². The second-order valence-corrected chi connectivity index (χ2v) is 7.72. The highest BCUT2D eigenvalue weighted by Gasteiger charge is 2.26. The summed E-state index contributed by atoms with van der Waals surface area (Å²) in [5.74, 6) is -0.298. The van der Waals surface area contributed by atoms with E-state index in [1.54, 1.807) is 31.3 Å². The van der Waals surface area contributed by atoms with Gasteiger partial charge in [0.15, 0.2) is 5.69 Å². The van der Waals surface area contributed by atoms with Crippen molar-refractivity contribution >= 4 is 28.3 Å². The predicted octanol–water partition coefficient (Wildman–Crippen LogP) is 3.15. The highest BCUT2D eigenvalue weighted by Crippen LogP contribution is 2.29. The van der Waals surface area contributed by atoms with Crippen LogP contribution in [0.1, 0.15) is 34.9 Å². The fourth-order valence-electron chi connectivity index (χ4n) is 3.97. The number of hydrogen-bond acceptors (Lipinski definition) is 4. The molecule has 0 bridgehead atoms. The van der Waals surface area contributed by atoms with Crippen LogP contribution < -0.4 is 10.9 Å². The van der Waals surface area contributed by atoms with Crippen molar-refractivity contribution in [2.45, 2.75) is 18.9 Å². The largest absolute Gasteiger partial charge is 0.349 e. The molecule has 6 nitrogen and oxygen atoms in total. The fraction of sp³-hybridized carbons (Fsp3) is 0.318. The summed E-state index contributed by atoms with van der Waals surface area (Å²) in [6.45, 7) is 2.38. The van der Waals surface area contributed by atoms with Gasteiger partial charge in [-0.1, -0.05) is 48.0 Å². The topological polar surface area (TPSA) is 67.2 Å². The zero-order valence-electron chi connectivity index (χ0n) is 16.3. The Balaban J connectivity index is 1.62. The average Bonchev–Trinajstić information content (AvgIpc) is 3.26. The van der Waals surface area contributed by atoms with Gasteiger partial charge < -0.3 is 5.32 Å². The summed E-state index contributed by atoms with van der Waals surface area (Å²) in [5.41, 5.74) is 1.04. The number of carbonyl (C=O) groups excluding carboxylic acids is 1. The number of likely N-dealkylation sites (tertiary alicyclic amines) is 1. The summed E-state index contributed by atoms with van der Waals surface area (Å²) in [4.78, 5) is 27.7. The molecule has 3 aromatic rings. The molecule has 1 atom stereocenters. The van der Waals surface area contributed by atoms with E-state index in [2.05, 4.69) is 15.3 Å². The Kier molecular flexibility index (Phi) is 5.65. The SMILES string of the molecule is Cn1nc(C(=O)NC[C@@H](c2ccccc2Cl)N2CCCC2)c2ccccc2c1=O. The number of carbonyl (C=O) groups is 1. The van der Waals surface area contributed by atoms with Crippen molar-refractivity contribution in [3.8, 4) is 0 Å². The molecule has 150 valence electrons. The van der Waals surface area contributed by atoms with Gasteiger partial charge in [-0.3, -0.25) is 14.5 Å². The molecule has 1 aliphatic heterocycles. The van der Waals surface area contributed by atoms with E-state index in [-0.39, 0.29) is 23.2 Å². The number of halogens is 1. The van der Waals surface area contributed by atoms with E-state index >= 15 is 0 Å². The molecule has 1 aromatic heterocycles. The molecule has 1 aliphatic rings. The van der Waals surface area contributed by atoms with Gasteiger partial charge in [-0.15, -0.1) is 0 Å². The highest BCUT2D eigenvalue weighted by molar-refractivity contribution is 6.31. The third-order valence-electron chi connectivity index (χ3n) is 5.47. The molecule has 2 heterocycles. The first-order valence-corrected chi connectivity index (χ1v) is 10.2. The van der Waals surface area contributed by atoms with Crippen LogP contribution in [-0.4, -0.2) is 40.2 Å². The summed E-state index contributed by atoms with van der Waals surface area (Å²) in [7, 11) is 1.56. The van der Waals surface area contributed by atoms with Gasteiger partial charge in [0.2, 0.25) is 0 Å². The lowest BCUT2D eigenvalue weighted by atomic mass is 10.0. The average molecular weight is 411 g/mol. The number of amides is 1. The fourth-order valence-corrected chi connectivity index (χ4v) is 4.24. The molecule has 0 aliphatic carbocycles. The molecule has 0 spiro atoms. The molecule has 0 saturated carbocycles. The number of aryl methyl sites for hydroxylation is 1. The van der Waals surface area contributed by atoms with Crippen LogP contribution in [0.4, 0.5) is 0 Å². The summed E-state index contributed by atoms with van der Waals surface area (Å²) >= 11 is 6.46. The predicted molar refractivity (Wildman–Crippen MR) is 114 cm³/mol. The molecule has 2 aromatic carbocycles. The number of benzene rings is 2. The van der Waals surface area contributed by atoms with Gasteiger partial charge in [-0.05, 0) is 43.6 Å². The Morgan fingerprint density at radius 3 is 2.48 bits per heavy atom. The van der Waals surface area contributed by atoms with E-state index in [0.717, 1.165) is 31.5 Å². The first-order chi connectivity index (χ1) is 14.1. The zero-order valence-corrected chi connectivity index (χ0v) is 17.0. The molecule has 0 unspecified atom stereocenters. The first-order valence-electron chi connectivity index (χ1n) is 9.79. The first kappa shape index (κ1) is 19.6. The van der Waals surface area contributed by atoms with E-state index in [0.29, 0.717) is 22.3 Å². The molecule has 1 saturated heterocycles. The van der Waals surface area contributed by atoms with Crippen molar-refractivity contribution in [1.29, 1.82) is 0 Å². The smallest absolute Gasteiger partial charge is 0.274 e. The van der Waals surface area contributed by atoms with Crippen molar-refractivity contribution in [1.82, 2.24) is 20.0 Å². The molecule has 1 fully saturated rings. The lowest BCUT2D eigenvalue weighted by Gasteiger charge is -2.29. The second-order valence-electron chi connectivity index (χ2n) is 7.31. The van der Waals surface area contributed by atoms with Crippen molar-refractivity contribution in [2.75, 3.05) is 19.6 Å². The number of fused-ring (bicyclic) bond motifs is 1. The summed E-state index contributed by atoms with van der Waals surface area (Å²) in [5, 5.41) is 8.98. The van der Waals surface area contributed by atoms with E-state index in [9.17, 15) is 9.59 Å². The molecule has 29 heavy (non-hydrogen) atoms. The Morgan fingerprint density at radius 1 is 1.10 bits per heavy atom. The summed E-state index contributed by atoms with van der Waals surface area (Å²) in [6.07, 6.45) is 2.28. The van der Waals surface area contributed by atoms with Gasteiger partial charge in [-0.25, -0.2) is 4.68 Å². The summed E-state index contributed by atoms with van der Waals surface area (Å²) < 4.78 is 1.21. The number of nitrogens with one attached hydrogen (secondary N) is 1. The maximum atomic E-state index is 13.0. The van der Waals surface area contributed by atoms with Crippen LogP contribution in [0.25, 0.3) is 10.8 Å². The van der Waals surface area contributed by atoms with Crippen molar-refractivity contribution in [2.24, 2.45) is 7.05 Å². The number of rotatable bonds is 5. The molecule has 4 rings (SSSR count). The number of aromatic nitrogens is 2. The van der Waals surface area contributed by atoms with Crippen LogP contribution >= 0.6 is 11.6 Å². The third kappa shape index (κ3) is 3.91. The minimum absolute atomic E-state index is 0.00561. The standard InChI is InChI=1S/C22H23ClN4O2/c1-26-22(29)16-9-3-2-8-15(16)20(25-26)21(28)24-14-19(27-12-6-7-13-27)17-10-4-5-11-18(17)23/h2-5,8-11,19H,6-7,12-14H2,1H3,(H,24,28)/t19-/m0/s1. The van der Waals surface area contributed by atoms with Crippen LogP contribution in [0.3, 0.4) is 0 Å². The third-order valence-corrected chi connectivity index (χ3v) is 5.82. The Labute approximate surface area is 174 Å². The lowest BCUT2D eigenvalue weighted by Crippen LogP contribution is -2.38. The van der Waals surface area contributed by atoms with Crippen molar-refractivity contribution < 1.29 is 4.79 Å². The number of nitrogens with zero attached hydrogens (tertiary/aromatic N) is 3. The van der Waals surface area contributed by atoms with E-state index in [4.69, 9.17) is 11.6 Å². The van der Waals surface area contributed by atoms with Crippen LogP contribution in [0.2, 0.25) is 5.02 Å². The molecule has 0 radical (unpaired) electrons. The highest BCUT2D eigenvalue weighted by atomic mass is 35.5. The van der Waals surface area contributed by atoms with Crippen LogP contribution in [-0.2, 0) is 7.05 Å². The Hall–Kier alpha value is -2.70. The molecule has 7 heteroatoms. The molecular weight excluding hydrogens is 388 g/mol. The quantitative estimate of drug-likeness (QED) is 0.701. The normalized spacial score (nSPS) is 15.5. The summed E-state index contributed by atoms with van der Waals surface area (Å²) in [6, 6.07) is 14.8. The molecular formula is C22H23ClN4O2. The molecule has 1 amide bonds. The minimum atomic E-state index is -0.298. The van der Waals surface area contributed by atoms with Crippen LogP contribution in [0.5, 0.6) is 0 Å². The van der Waals surface area contributed by atoms with Gasteiger partial charge in [-0.2, -0.15) is 5.10 Å². The van der Waals surface area contributed by atoms with Crippen molar-refractivity contribution in [3.63, 3.8) is 0 Å². The maximum absolute atomic E-state index is 13.0. The van der Waals surface area contributed by atoms with Gasteiger partial charge >= 0.3 is 0 Å². The van der Waals surface area contributed by atoms with E-state index in [1.807, 2.05) is 24.3 Å². The Morgan fingerprint density at radius 2 is 1.76 bits per heavy atom. The van der Waals surface area contributed by atoms with E-state index < -0.39 is 0 Å². The monoisotopic (exact) mass is 410 g/mol. The van der Waals surface area contributed by atoms with Crippen molar-refractivity contribution in [3.05, 3.63) is 75.2 Å². The van der Waals surface area contributed by atoms with E-state index in [1.165, 1.54) is 4.68 Å². The Bertz CT molecular complexity index is 1110.